The van der Waals surface area contributed by atoms with E-state index in [9.17, 15) is 0 Å². The van der Waals surface area contributed by atoms with E-state index in [4.69, 9.17) is 49.0 Å². The minimum Gasteiger partial charge on any atom is -0.467 e. The van der Waals surface area contributed by atoms with Gasteiger partial charge in [-0.2, -0.15) is 0 Å². The summed E-state index contributed by atoms with van der Waals surface area (Å²) in [6.45, 7) is 10.3. The molecule has 2 heterocycles. The number of alkyl halides is 3. The van der Waals surface area contributed by atoms with Crippen molar-refractivity contribution in [2.24, 2.45) is 10.9 Å². The SMILES string of the molecule is C=C[C@]12N=C(C(Cl)(Cl)Cl)O[C@H]1C=C(C)C[C@@H]2[C@H]1COC(C)(C)O1. The lowest BCUT2D eigenvalue weighted by Crippen LogP contribution is -2.50. The molecule has 1 fully saturated rings. The minimum absolute atomic E-state index is 0.00150. The van der Waals surface area contributed by atoms with Gasteiger partial charge in [-0.25, -0.2) is 4.99 Å². The molecule has 1 aliphatic carbocycles. The van der Waals surface area contributed by atoms with E-state index in [0.29, 0.717) is 6.61 Å². The molecular formula is C16H20Cl3NO3. The van der Waals surface area contributed by atoms with Gasteiger partial charge in [0, 0.05) is 5.92 Å². The van der Waals surface area contributed by atoms with Crippen LogP contribution in [0.15, 0.2) is 29.3 Å². The molecule has 0 aromatic rings. The van der Waals surface area contributed by atoms with Crippen molar-refractivity contribution in [3.63, 3.8) is 0 Å². The van der Waals surface area contributed by atoms with Gasteiger partial charge < -0.3 is 14.2 Å². The van der Waals surface area contributed by atoms with Crippen LogP contribution in [-0.2, 0) is 14.2 Å². The van der Waals surface area contributed by atoms with E-state index in [1.807, 2.05) is 19.9 Å². The Balaban J connectivity index is 2.01. The number of fused-ring (bicyclic) bond motifs is 1. The Morgan fingerprint density at radius 1 is 1.39 bits per heavy atom. The van der Waals surface area contributed by atoms with Crippen molar-refractivity contribution in [3.8, 4) is 0 Å². The predicted molar refractivity (Wildman–Crippen MR) is 92.3 cm³/mol. The van der Waals surface area contributed by atoms with Gasteiger partial charge in [-0.3, -0.25) is 0 Å². The molecule has 0 N–H and O–H groups in total. The summed E-state index contributed by atoms with van der Waals surface area (Å²) in [5.41, 5.74) is 0.472. The number of rotatable bonds is 2. The van der Waals surface area contributed by atoms with Gasteiger partial charge in [0.15, 0.2) is 5.79 Å². The number of hydrogen-bond donors (Lipinski definition) is 0. The van der Waals surface area contributed by atoms with E-state index in [2.05, 4.69) is 18.5 Å². The van der Waals surface area contributed by atoms with Crippen LogP contribution >= 0.6 is 34.8 Å². The lowest BCUT2D eigenvalue weighted by molar-refractivity contribution is -0.148. The van der Waals surface area contributed by atoms with Crippen molar-refractivity contribution in [1.29, 1.82) is 0 Å². The molecule has 4 nitrogen and oxygen atoms in total. The Morgan fingerprint density at radius 2 is 2.09 bits per heavy atom. The highest BCUT2D eigenvalue weighted by Crippen LogP contribution is 2.49. The second kappa shape index (κ2) is 5.63. The second-order valence-electron chi connectivity index (χ2n) is 6.74. The number of nitrogens with zero attached hydrogens (tertiary/aromatic N) is 1. The van der Waals surface area contributed by atoms with Crippen LogP contribution in [0.3, 0.4) is 0 Å². The molecule has 0 aromatic carbocycles. The molecule has 0 amide bonds. The third-order valence-corrected chi connectivity index (χ3v) is 5.09. The molecule has 3 aliphatic rings. The largest absolute Gasteiger partial charge is 0.467 e. The van der Waals surface area contributed by atoms with Crippen molar-refractivity contribution < 1.29 is 14.2 Å². The van der Waals surface area contributed by atoms with Crippen LogP contribution in [0.4, 0.5) is 0 Å². The Labute approximate surface area is 151 Å². The summed E-state index contributed by atoms with van der Waals surface area (Å²) in [7, 11) is 0. The standard InChI is InChI=1S/C16H20Cl3NO3/c1-5-15-10(11-8-21-14(3,4)23-11)6-9(2)7-12(15)22-13(20-15)16(17,18)19/h5,7,10-12H,1,6,8H2,2-4H3/t10-,11-,12+,15-/m1/s1. The maximum atomic E-state index is 6.07. The van der Waals surface area contributed by atoms with E-state index < -0.39 is 15.1 Å². The fraction of sp³-hybridized carbons (Fsp3) is 0.688. The van der Waals surface area contributed by atoms with E-state index in [0.717, 1.165) is 6.42 Å². The molecule has 23 heavy (non-hydrogen) atoms. The average Bonchev–Trinajstić information content (AvgIpc) is 2.98. The van der Waals surface area contributed by atoms with Gasteiger partial charge in [0.05, 0.1) is 12.7 Å². The first-order valence-electron chi connectivity index (χ1n) is 7.54. The Bertz CT molecular complexity index is 582. The number of hydrogen-bond acceptors (Lipinski definition) is 4. The van der Waals surface area contributed by atoms with Gasteiger partial charge in [0.1, 0.15) is 11.6 Å². The maximum Gasteiger partial charge on any atom is 0.266 e. The van der Waals surface area contributed by atoms with Crippen LogP contribution in [0.1, 0.15) is 27.2 Å². The van der Waals surface area contributed by atoms with Crippen molar-refractivity contribution in [2.45, 2.75) is 54.5 Å². The lowest BCUT2D eigenvalue weighted by atomic mass is 9.70. The minimum atomic E-state index is -1.70. The van der Waals surface area contributed by atoms with Crippen molar-refractivity contribution in [2.75, 3.05) is 6.61 Å². The molecule has 7 heteroatoms. The van der Waals surface area contributed by atoms with Crippen LogP contribution in [-0.4, -0.2) is 39.8 Å². The summed E-state index contributed by atoms with van der Waals surface area (Å²) >= 11 is 17.9. The summed E-state index contributed by atoms with van der Waals surface area (Å²) in [4.78, 5) is 4.64. The molecular weight excluding hydrogens is 361 g/mol. The van der Waals surface area contributed by atoms with Gasteiger partial charge in [-0.05, 0) is 33.3 Å². The quantitative estimate of drug-likeness (QED) is 0.532. The molecule has 0 aromatic heterocycles. The molecule has 3 rings (SSSR count). The van der Waals surface area contributed by atoms with Crippen LogP contribution in [0, 0.1) is 5.92 Å². The van der Waals surface area contributed by atoms with Gasteiger partial charge in [0.25, 0.3) is 3.79 Å². The molecule has 0 unspecified atom stereocenters. The maximum absolute atomic E-state index is 6.07. The molecule has 0 bridgehead atoms. The first-order chi connectivity index (χ1) is 10.6. The normalized spacial score (nSPS) is 39.3. The summed E-state index contributed by atoms with van der Waals surface area (Å²) in [6, 6.07) is 0. The van der Waals surface area contributed by atoms with E-state index in [1.165, 1.54) is 5.57 Å². The smallest absolute Gasteiger partial charge is 0.266 e. The van der Waals surface area contributed by atoms with Crippen LogP contribution in [0.5, 0.6) is 0 Å². The predicted octanol–water partition coefficient (Wildman–Crippen LogP) is 4.20. The molecule has 0 radical (unpaired) electrons. The second-order valence-corrected chi connectivity index (χ2v) is 9.02. The fourth-order valence-corrected chi connectivity index (χ4v) is 3.83. The monoisotopic (exact) mass is 379 g/mol. The van der Waals surface area contributed by atoms with E-state index >= 15 is 0 Å². The summed E-state index contributed by atoms with van der Waals surface area (Å²) < 4.78 is 15.9. The Hall–Kier alpha value is -0.260. The topological polar surface area (TPSA) is 40.0 Å². The first kappa shape index (κ1) is 17.6. The first-order valence-corrected chi connectivity index (χ1v) is 8.67. The van der Waals surface area contributed by atoms with Gasteiger partial charge in [-0.1, -0.05) is 46.5 Å². The third-order valence-electron chi connectivity index (χ3n) is 4.61. The van der Waals surface area contributed by atoms with Crippen LogP contribution < -0.4 is 0 Å². The lowest BCUT2D eigenvalue weighted by Gasteiger charge is -2.41. The summed E-state index contributed by atoms with van der Waals surface area (Å²) in [5.74, 6) is -0.512. The molecule has 0 saturated carbocycles. The Kier molecular flexibility index (Phi) is 4.30. The number of halogens is 3. The van der Waals surface area contributed by atoms with Crippen LogP contribution in [0.2, 0.25) is 0 Å². The third kappa shape index (κ3) is 3.05. The highest BCUT2D eigenvalue weighted by Gasteiger charge is 2.57. The van der Waals surface area contributed by atoms with E-state index in [-0.39, 0.29) is 24.0 Å². The van der Waals surface area contributed by atoms with Crippen molar-refractivity contribution in [1.82, 2.24) is 0 Å². The highest BCUT2D eigenvalue weighted by atomic mass is 35.6. The molecule has 2 aliphatic heterocycles. The zero-order valence-corrected chi connectivity index (χ0v) is 15.6. The fourth-order valence-electron chi connectivity index (χ4n) is 3.57. The Morgan fingerprint density at radius 3 is 2.61 bits per heavy atom. The zero-order chi connectivity index (χ0) is 17.0. The summed E-state index contributed by atoms with van der Waals surface area (Å²) in [6.07, 6.45) is 4.12. The number of allylic oxidation sites excluding steroid dienone is 1. The number of aliphatic imine (C=N–C) groups is 1. The van der Waals surface area contributed by atoms with Gasteiger partial charge in [0.2, 0.25) is 5.90 Å². The molecule has 0 spiro atoms. The molecule has 4 atom stereocenters. The summed E-state index contributed by atoms with van der Waals surface area (Å²) in [5, 5.41) is 0. The molecule has 128 valence electrons. The van der Waals surface area contributed by atoms with Crippen molar-refractivity contribution in [3.05, 3.63) is 24.3 Å². The van der Waals surface area contributed by atoms with Crippen molar-refractivity contribution >= 4 is 40.7 Å². The number of ether oxygens (including phenoxy) is 3. The highest BCUT2D eigenvalue weighted by molar-refractivity contribution is 6.76. The van der Waals surface area contributed by atoms with Crippen LogP contribution in [0.25, 0.3) is 0 Å². The zero-order valence-electron chi connectivity index (χ0n) is 13.3. The van der Waals surface area contributed by atoms with Gasteiger partial charge in [-0.15, -0.1) is 6.58 Å². The van der Waals surface area contributed by atoms with E-state index in [1.54, 1.807) is 6.08 Å². The average molecular weight is 381 g/mol. The molecule has 1 saturated heterocycles. The van der Waals surface area contributed by atoms with Gasteiger partial charge >= 0.3 is 0 Å².